The van der Waals surface area contributed by atoms with Gasteiger partial charge in [-0.05, 0) is 21.5 Å². The maximum atomic E-state index is 5.66. The van der Waals surface area contributed by atoms with Crippen LogP contribution in [0.3, 0.4) is 0 Å². The van der Waals surface area contributed by atoms with Crippen LogP contribution in [0.25, 0.3) is 5.65 Å². The topological polar surface area (TPSA) is 39.4 Å². The van der Waals surface area contributed by atoms with Crippen molar-refractivity contribution in [2.24, 2.45) is 0 Å². The summed E-state index contributed by atoms with van der Waals surface area (Å²) < 4.78 is 8.21. The Bertz CT molecular complexity index is 666. The van der Waals surface area contributed by atoms with Crippen molar-refractivity contribution in [2.45, 2.75) is 6.61 Å². The fraction of sp³-hybridized carbons (Fsp3) is 0.0769. The number of halogens is 1. The average Bonchev–Trinajstić information content (AvgIpc) is 2.86. The molecule has 2 heterocycles. The van der Waals surface area contributed by atoms with Crippen molar-refractivity contribution in [3.8, 4) is 5.88 Å². The van der Waals surface area contributed by atoms with Gasteiger partial charge in [0.25, 0.3) is 0 Å². The minimum Gasteiger partial charge on any atom is -0.472 e. The Hall–Kier alpha value is -1.88. The highest BCUT2D eigenvalue weighted by Gasteiger charge is 2.05. The number of fused-ring (bicyclic) bond motifs is 1. The Balaban J connectivity index is 1.82. The molecule has 0 bridgehead atoms. The molecule has 3 rings (SSSR count). The van der Waals surface area contributed by atoms with E-state index >= 15 is 0 Å². The number of hydrogen-bond donors (Lipinski definition) is 0. The Morgan fingerprint density at radius 3 is 2.89 bits per heavy atom. The van der Waals surface area contributed by atoms with Gasteiger partial charge in [-0.2, -0.15) is 0 Å². The molecule has 5 heteroatoms. The van der Waals surface area contributed by atoms with Crippen molar-refractivity contribution in [3.05, 3.63) is 58.8 Å². The first-order chi connectivity index (χ1) is 8.83. The van der Waals surface area contributed by atoms with E-state index < -0.39 is 0 Å². The number of hydrogen-bond acceptors (Lipinski definition) is 3. The zero-order chi connectivity index (χ0) is 12.4. The van der Waals surface area contributed by atoms with E-state index in [9.17, 15) is 0 Å². The van der Waals surface area contributed by atoms with Gasteiger partial charge in [0.05, 0.1) is 4.47 Å². The van der Waals surface area contributed by atoms with Gasteiger partial charge in [0.15, 0.2) is 5.65 Å². The van der Waals surface area contributed by atoms with E-state index in [1.807, 2.05) is 36.4 Å². The van der Waals surface area contributed by atoms with Gasteiger partial charge in [-0.3, -0.25) is 0 Å². The third-order valence-corrected chi connectivity index (χ3v) is 3.10. The molecule has 4 nitrogen and oxygen atoms in total. The van der Waals surface area contributed by atoms with Crippen molar-refractivity contribution < 1.29 is 4.74 Å². The molecule has 0 unspecified atom stereocenters. The van der Waals surface area contributed by atoms with Crippen molar-refractivity contribution in [2.75, 3.05) is 0 Å². The largest absolute Gasteiger partial charge is 0.472 e. The van der Waals surface area contributed by atoms with Gasteiger partial charge < -0.3 is 4.74 Å². The van der Waals surface area contributed by atoms with Gasteiger partial charge in [0.1, 0.15) is 6.61 Å². The van der Waals surface area contributed by atoms with Crippen LogP contribution in [0, 0.1) is 0 Å². The van der Waals surface area contributed by atoms with Gasteiger partial charge in [-0.15, -0.1) is 5.10 Å². The Labute approximate surface area is 112 Å². The summed E-state index contributed by atoms with van der Waals surface area (Å²) in [5, 5.41) is 4.31. The Kier molecular flexibility index (Phi) is 2.98. The molecule has 3 aromatic rings. The first-order valence-corrected chi connectivity index (χ1v) is 6.29. The Morgan fingerprint density at radius 1 is 1.22 bits per heavy atom. The molecule has 90 valence electrons. The van der Waals surface area contributed by atoms with Crippen molar-refractivity contribution in [1.29, 1.82) is 0 Å². The highest BCUT2D eigenvalue weighted by molar-refractivity contribution is 9.10. The average molecular weight is 304 g/mol. The first kappa shape index (κ1) is 11.2. The van der Waals surface area contributed by atoms with Crippen LogP contribution in [0.1, 0.15) is 5.56 Å². The van der Waals surface area contributed by atoms with Crippen LogP contribution in [0.5, 0.6) is 5.88 Å². The molecule has 0 N–H and O–H groups in total. The maximum absolute atomic E-state index is 5.66. The Morgan fingerprint density at radius 2 is 2.06 bits per heavy atom. The van der Waals surface area contributed by atoms with E-state index in [-0.39, 0.29) is 0 Å². The third kappa shape index (κ3) is 2.22. The summed E-state index contributed by atoms with van der Waals surface area (Å²) in [6.07, 6.45) is 3.49. The predicted octanol–water partition coefficient (Wildman–Crippen LogP) is 3.07. The summed E-state index contributed by atoms with van der Waals surface area (Å²) >= 11 is 3.45. The van der Waals surface area contributed by atoms with E-state index in [1.54, 1.807) is 16.9 Å². The van der Waals surface area contributed by atoms with Crippen molar-refractivity contribution >= 4 is 21.6 Å². The smallest absolute Gasteiger partial charge is 0.233 e. The molecule has 1 aromatic carbocycles. The molecule has 0 aliphatic rings. The number of rotatable bonds is 3. The second-order valence-electron chi connectivity index (χ2n) is 3.80. The van der Waals surface area contributed by atoms with Crippen LogP contribution in [0.4, 0.5) is 0 Å². The normalized spacial score (nSPS) is 10.7. The van der Waals surface area contributed by atoms with Crippen LogP contribution in [-0.2, 0) is 6.61 Å². The van der Waals surface area contributed by atoms with E-state index in [4.69, 9.17) is 4.74 Å². The number of ether oxygens (including phenoxy) is 1. The lowest BCUT2D eigenvalue weighted by molar-refractivity contribution is 0.289. The maximum Gasteiger partial charge on any atom is 0.233 e. The zero-order valence-electron chi connectivity index (χ0n) is 9.45. The minimum absolute atomic E-state index is 0.500. The summed E-state index contributed by atoms with van der Waals surface area (Å²) in [6, 6.07) is 11.8. The molecule has 0 saturated carbocycles. The summed E-state index contributed by atoms with van der Waals surface area (Å²) in [4.78, 5) is 4.18. The number of imidazole rings is 1. The molecule has 0 fully saturated rings. The minimum atomic E-state index is 0.500. The highest BCUT2D eigenvalue weighted by Crippen LogP contribution is 2.20. The zero-order valence-corrected chi connectivity index (χ0v) is 11.0. The summed E-state index contributed by atoms with van der Waals surface area (Å²) in [5.74, 6) is 0.566. The standard InChI is InChI=1S/C13H10BrN3O/c14-11-8-12(16-17-7-6-15-13(11)17)18-9-10-4-2-1-3-5-10/h1-8H,9H2. The van der Waals surface area contributed by atoms with Gasteiger partial charge >= 0.3 is 0 Å². The number of benzene rings is 1. The quantitative estimate of drug-likeness (QED) is 0.746. The van der Waals surface area contributed by atoms with Crippen LogP contribution < -0.4 is 4.74 Å². The monoisotopic (exact) mass is 303 g/mol. The van der Waals surface area contributed by atoms with Crippen LogP contribution >= 0.6 is 15.9 Å². The van der Waals surface area contributed by atoms with Crippen molar-refractivity contribution in [1.82, 2.24) is 14.6 Å². The fourth-order valence-corrected chi connectivity index (χ4v) is 2.14. The third-order valence-electron chi connectivity index (χ3n) is 2.52. The van der Waals surface area contributed by atoms with E-state index in [0.29, 0.717) is 12.5 Å². The van der Waals surface area contributed by atoms with Gasteiger partial charge in [-0.25, -0.2) is 9.50 Å². The van der Waals surface area contributed by atoms with Crippen LogP contribution in [0.15, 0.2) is 53.3 Å². The first-order valence-electron chi connectivity index (χ1n) is 5.49. The highest BCUT2D eigenvalue weighted by atomic mass is 79.9. The molecule has 0 aliphatic carbocycles. The SMILES string of the molecule is Brc1cc(OCc2ccccc2)nn2ccnc12. The van der Waals surface area contributed by atoms with E-state index in [1.165, 1.54) is 0 Å². The molecule has 0 amide bonds. The van der Waals surface area contributed by atoms with Crippen molar-refractivity contribution in [3.63, 3.8) is 0 Å². The second-order valence-corrected chi connectivity index (χ2v) is 4.65. The van der Waals surface area contributed by atoms with Gasteiger partial charge in [-0.1, -0.05) is 30.3 Å². The summed E-state index contributed by atoms with van der Waals surface area (Å²) in [5.41, 5.74) is 1.89. The van der Waals surface area contributed by atoms with Gasteiger partial charge in [0.2, 0.25) is 5.88 Å². The molecule has 0 saturated heterocycles. The van der Waals surface area contributed by atoms with E-state index in [2.05, 4.69) is 26.0 Å². The summed E-state index contributed by atoms with van der Waals surface area (Å²) in [6.45, 7) is 0.500. The fourth-order valence-electron chi connectivity index (χ4n) is 1.66. The molecule has 0 aliphatic heterocycles. The molecule has 18 heavy (non-hydrogen) atoms. The van der Waals surface area contributed by atoms with E-state index in [0.717, 1.165) is 15.7 Å². The molecule has 0 atom stereocenters. The lowest BCUT2D eigenvalue weighted by Crippen LogP contribution is -2.00. The lowest BCUT2D eigenvalue weighted by atomic mass is 10.2. The van der Waals surface area contributed by atoms with Crippen LogP contribution in [0.2, 0.25) is 0 Å². The molecular formula is C13H10BrN3O. The molecule has 2 aromatic heterocycles. The molecule has 0 spiro atoms. The summed E-state index contributed by atoms with van der Waals surface area (Å²) in [7, 11) is 0. The second kappa shape index (κ2) is 4.78. The molecule has 0 radical (unpaired) electrons. The van der Waals surface area contributed by atoms with Gasteiger partial charge in [0, 0.05) is 18.5 Å². The molecular weight excluding hydrogens is 294 g/mol. The number of aromatic nitrogens is 3. The van der Waals surface area contributed by atoms with Crippen LogP contribution in [-0.4, -0.2) is 14.6 Å². The predicted molar refractivity (Wildman–Crippen MR) is 71.5 cm³/mol. The lowest BCUT2D eigenvalue weighted by Gasteiger charge is -2.06. The number of nitrogens with zero attached hydrogens (tertiary/aromatic N) is 3.